The van der Waals surface area contributed by atoms with Crippen molar-refractivity contribution in [1.82, 2.24) is 4.57 Å². The maximum Gasteiger partial charge on any atom is 0.260 e. The van der Waals surface area contributed by atoms with Gasteiger partial charge in [0.25, 0.3) is 6.71 Å². The van der Waals surface area contributed by atoms with E-state index in [9.17, 15) is 0 Å². The first-order valence-corrected chi connectivity index (χ1v) is 14.9. The molecule has 2 aliphatic rings. The van der Waals surface area contributed by atoms with Crippen molar-refractivity contribution in [2.24, 2.45) is 0 Å². The molecule has 0 N–H and O–H groups in total. The molecule has 0 saturated carbocycles. The molecule has 3 heterocycles. The van der Waals surface area contributed by atoms with Gasteiger partial charge in [-0.15, -0.1) is 0 Å². The summed E-state index contributed by atoms with van der Waals surface area (Å²) in [5.41, 5.74) is 12.7. The first kappa shape index (κ1) is 24.4. The van der Waals surface area contributed by atoms with Crippen molar-refractivity contribution >= 4 is 44.9 Å². The fourth-order valence-corrected chi connectivity index (χ4v) is 7.25. The van der Waals surface area contributed by atoms with Gasteiger partial charge < -0.3 is 14.0 Å². The molecule has 0 aliphatic carbocycles. The zero-order valence-electron chi connectivity index (χ0n) is 24.3. The number of fused-ring (bicyclic) bond motifs is 7. The third-order valence-corrected chi connectivity index (χ3v) is 9.19. The van der Waals surface area contributed by atoms with Crippen LogP contribution in [0.4, 0.5) is 0 Å². The Morgan fingerprint density at radius 1 is 0.581 bits per heavy atom. The first-order chi connectivity index (χ1) is 21.1. The minimum absolute atomic E-state index is 0.0564. The van der Waals surface area contributed by atoms with Gasteiger partial charge in [-0.05, 0) is 84.8 Å². The molecule has 0 unspecified atom stereocenters. The van der Waals surface area contributed by atoms with E-state index in [1.54, 1.807) is 0 Å². The van der Waals surface area contributed by atoms with Crippen molar-refractivity contribution in [3.05, 3.63) is 132 Å². The summed E-state index contributed by atoms with van der Waals surface area (Å²) in [5, 5.41) is 2.48. The lowest BCUT2D eigenvalue weighted by atomic mass is 9.34. The second-order valence-corrected chi connectivity index (χ2v) is 11.9. The van der Waals surface area contributed by atoms with E-state index >= 15 is 0 Å². The van der Waals surface area contributed by atoms with E-state index in [2.05, 4.69) is 141 Å². The van der Waals surface area contributed by atoms with E-state index in [4.69, 9.17) is 9.47 Å². The van der Waals surface area contributed by atoms with Crippen LogP contribution in [0.5, 0.6) is 23.0 Å². The topological polar surface area (TPSA) is 23.4 Å². The molecule has 0 saturated heterocycles. The normalized spacial score (nSPS) is 12.9. The zero-order valence-corrected chi connectivity index (χ0v) is 24.3. The van der Waals surface area contributed by atoms with Crippen LogP contribution in [-0.4, -0.2) is 11.3 Å². The summed E-state index contributed by atoms with van der Waals surface area (Å²) in [7, 11) is 0. The molecule has 9 rings (SSSR count). The molecule has 0 fully saturated rings. The Balaban J connectivity index is 1.36. The average Bonchev–Trinajstić information content (AvgIpc) is 3.36. The number of aromatic nitrogens is 1. The van der Waals surface area contributed by atoms with E-state index in [1.165, 1.54) is 38.3 Å². The van der Waals surface area contributed by atoms with E-state index in [-0.39, 0.29) is 6.71 Å². The second-order valence-electron chi connectivity index (χ2n) is 11.9. The number of benzene rings is 6. The quantitative estimate of drug-likeness (QED) is 0.202. The maximum absolute atomic E-state index is 6.78. The Kier molecular flexibility index (Phi) is 5.04. The van der Waals surface area contributed by atoms with Gasteiger partial charge in [-0.25, -0.2) is 0 Å². The highest BCUT2D eigenvalue weighted by Crippen LogP contribution is 2.43. The fourth-order valence-electron chi connectivity index (χ4n) is 7.25. The fraction of sp³-hybridized carbons (Fsp3) is 0.0769. The Morgan fingerprint density at radius 2 is 1.23 bits per heavy atom. The van der Waals surface area contributed by atoms with Gasteiger partial charge in [-0.2, -0.15) is 0 Å². The smallest absolute Gasteiger partial charge is 0.260 e. The van der Waals surface area contributed by atoms with Gasteiger partial charge in [0, 0.05) is 27.5 Å². The molecule has 1 aromatic heterocycles. The van der Waals surface area contributed by atoms with Crippen LogP contribution in [0.15, 0.2) is 115 Å². The average molecular weight is 553 g/mol. The predicted molar refractivity (Wildman–Crippen MR) is 178 cm³/mol. The Hall–Kier alpha value is -5.22. The molecule has 204 valence electrons. The number of hydrogen-bond donors (Lipinski definition) is 0. The molecule has 0 atom stereocenters. The van der Waals surface area contributed by atoms with Crippen LogP contribution in [0.25, 0.3) is 38.6 Å². The summed E-state index contributed by atoms with van der Waals surface area (Å²) >= 11 is 0. The number of ether oxygens (including phenoxy) is 2. The first-order valence-electron chi connectivity index (χ1n) is 14.9. The molecule has 4 heteroatoms. The lowest BCUT2D eigenvalue weighted by Gasteiger charge is -2.34. The van der Waals surface area contributed by atoms with Crippen LogP contribution in [0.1, 0.15) is 16.7 Å². The molecule has 2 aliphatic heterocycles. The number of nitrogens with zero attached hydrogens (tertiary/aromatic N) is 1. The second kappa shape index (κ2) is 8.89. The van der Waals surface area contributed by atoms with Gasteiger partial charge in [0.1, 0.15) is 23.0 Å². The van der Waals surface area contributed by atoms with Gasteiger partial charge in [-0.1, -0.05) is 84.4 Å². The third-order valence-electron chi connectivity index (χ3n) is 9.19. The van der Waals surface area contributed by atoms with Crippen molar-refractivity contribution in [2.45, 2.75) is 20.8 Å². The molecular weight excluding hydrogens is 525 g/mol. The van der Waals surface area contributed by atoms with Gasteiger partial charge >= 0.3 is 0 Å². The maximum atomic E-state index is 6.78. The van der Waals surface area contributed by atoms with E-state index in [0.29, 0.717) is 0 Å². The summed E-state index contributed by atoms with van der Waals surface area (Å²) in [6, 6.07) is 41.4. The molecule has 3 nitrogen and oxygen atoms in total. The Labute approximate surface area is 251 Å². The molecule has 7 aromatic rings. The zero-order chi connectivity index (χ0) is 28.8. The van der Waals surface area contributed by atoms with Crippen molar-refractivity contribution in [3.63, 3.8) is 0 Å². The summed E-state index contributed by atoms with van der Waals surface area (Å²) in [6.45, 7) is 6.48. The Bertz CT molecular complexity index is 2210. The van der Waals surface area contributed by atoms with Crippen LogP contribution in [-0.2, 0) is 0 Å². The van der Waals surface area contributed by atoms with E-state index < -0.39 is 0 Å². The largest absolute Gasteiger partial charge is 0.458 e. The van der Waals surface area contributed by atoms with Crippen molar-refractivity contribution < 1.29 is 9.47 Å². The lowest BCUT2D eigenvalue weighted by molar-refractivity contribution is 0.461. The van der Waals surface area contributed by atoms with Gasteiger partial charge in [-0.3, -0.25) is 0 Å². The molecule has 0 bridgehead atoms. The molecule has 6 aromatic carbocycles. The number of hydrogen-bond acceptors (Lipinski definition) is 2. The predicted octanol–water partition coefficient (Wildman–Crippen LogP) is 8.10. The van der Waals surface area contributed by atoms with Crippen LogP contribution < -0.4 is 25.9 Å². The van der Waals surface area contributed by atoms with Crippen molar-refractivity contribution in [3.8, 4) is 39.8 Å². The Morgan fingerprint density at radius 3 is 1.91 bits per heavy atom. The molecule has 43 heavy (non-hydrogen) atoms. The number of aryl methyl sites for hydroxylation is 3. The SMILES string of the molecule is Cc1ccc2c(c1)c1cccc(-c3cc4c5c(c3)Oc3c(C)cccc3B5c3cccc(C)c3O4)c1n2-c1ccccc1. The summed E-state index contributed by atoms with van der Waals surface area (Å²) < 4.78 is 16.0. The summed E-state index contributed by atoms with van der Waals surface area (Å²) in [4.78, 5) is 0. The van der Waals surface area contributed by atoms with E-state index in [0.717, 1.165) is 56.4 Å². The highest BCUT2D eigenvalue weighted by Gasteiger charge is 2.41. The van der Waals surface area contributed by atoms with Gasteiger partial charge in [0.2, 0.25) is 0 Å². The van der Waals surface area contributed by atoms with Crippen LogP contribution in [0.2, 0.25) is 0 Å². The highest BCUT2D eigenvalue weighted by atomic mass is 16.5. The summed E-state index contributed by atoms with van der Waals surface area (Å²) in [6.07, 6.45) is 0. The van der Waals surface area contributed by atoms with Crippen LogP contribution in [0.3, 0.4) is 0 Å². The minimum Gasteiger partial charge on any atom is -0.458 e. The molecule has 0 spiro atoms. The van der Waals surface area contributed by atoms with Crippen molar-refractivity contribution in [1.29, 1.82) is 0 Å². The molecule has 0 amide bonds. The summed E-state index contributed by atoms with van der Waals surface area (Å²) in [5.74, 6) is 3.62. The monoisotopic (exact) mass is 553 g/mol. The van der Waals surface area contributed by atoms with Crippen LogP contribution in [0, 0.1) is 20.8 Å². The van der Waals surface area contributed by atoms with Gasteiger partial charge in [0.05, 0.1) is 11.0 Å². The lowest BCUT2D eigenvalue weighted by Crippen LogP contribution is -2.57. The molecular formula is C39H28BNO2. The van der Waals surface area contributed by atoms with Gasteiger partial charge in [0.15, 0.2) is 0 Å². The third kappa shape index (κ3) is 3.44. The van der Waals surface area contributed by atoms with Crippen molar-refractivity contribution in [2.75, 3.05) is 0 Å². The highest BCUT2D eigenvalue weighted by molar-refractivity contribution is 6.98. The number of rotatable bonds is 2. The standard InChI is InChI=1S/C39H28BNO2/c1-23-18-19-33-30(20-23)29-15-9-14-28(37(29)41(33)27-12-5-4-6-13-27)26-21-34-36-35(22-26)43-39-25(3)11-8-17-32(39)40(36)31-16-7-10-24(2)38(31)42-34/h4-22H,1-3H3. The molecule has 0 radical (unpaired) electrons. The van der Waals surface area contributed by atoms with Crippen LogP contribution >= 0.6 is 0 Å². The number of para-hydroxylation sites is 4. The minimum atomic E-state index is 0.0564. The van der Waals surface area contributed by atoms with E-state index in [1.807, 2.05) is 0 Å².